The molecule has 1 unspecified atom stereocenters. The Labute approximate surface area is 274 Å². The van der Waals surface area contributed by atoms with E-state index in [1.54, 1.807) is 24.3 Å². The van der Waals surface area contributed by atoms with Crippen LogP contribution >= 0.6 is 0 Å². The first-order valence-electron chi connectivity index (χ1n) is 17.0. The quantitative estimate of drug-likeness (QED) is 0.0714. The van der Waals surface area contributed by atoms with E-state index in [4.69, 9.17) is 0 Å². The maximum absolute atomic E-state index is 13.2. The molecular formula is C36H54N4O6. The summed E-state index contributed by atoms with van der Waals surface area (Å²) in [5, 5.41) is 20.5. The predicted molar refractivity (Wildman–Crippen MR) is 180 cm³/mol. The molecule has 4 amide bonds. The van der Waals surface area contributed by atoms with Gasteiger partial charge in [0.25, 0.3) is 11.8 Å². The van der Waals surface area contributed by atoms with E-state index in [1.165, 1.54) is 12.1 Å². The Morgan fingerprint density at radius 3 is 1.57 bits per heavy atom. The lowest BCUT2D eigenvalue weighted by atomic mass is 9.96. The van der Waals surface area contributed by atoms with Gasteiger partial charge in [0.1, 0.15) is 11.5 Å². The average Bonchev–Trinajstić information content (AvgIpc) is 3.05. The van der Waals surface area contributed by atoms with Crippen LogP contribution in [0.15, 0.2) is 36.4 Å². The lowest BCUT2D eigenvalue weighted by Gasteiger charge is -2.18. The average molecular weight is 639 g/mol. The van der Waals surface area contributed by atoms with Crippen LogP contribution in [0.4, 0.5) is 0 Å². The van der Waals surface area contributed by atoms with Crippen LogP contribution in [0.2, 0.25) is 0 Å². The number of hydrogen-bond acceptors (Lipinski definition) is 6. The van der Waals surface area contributed by atoms with Crippen molar-refractivity contribution in [2.24, 2.45) is 5.92 Å². The summed E-state index contributed by atoms with van der Waals surface area (Å²) in [6.07, 6.45) is 13.9. The molecule has 254 valence electrons. The van der Waals surface area contributed by atoms with Crippen molar-refractivity contribution in [3.63, 3.8) is 0 Å². The number of rotatable bonds is 20. The lowest BCUT2D eigenvalue weighted by molar-refractivity contribution is -0.131. The molecule has 0 aliphatic heterocycles. The first-order chi connectivity index (χ1) is 22.2. The van der Waals surface area contributed by atoms with Gasteiger partial charge in [-0.1, -0.05) is 97.1 Å². The molecule has 2 aromatic carbocycles. The first kappa shape index (κ1) is 38.1. The molecule has 0 bridgehead atoms. The number of hydrogen-bond donors (Lipinski definition) is 6. The second kappa shape index (κ2) is 21.6. The SMILES string of the molecule is CCCCCCCCC(CC(=O)NNC(=O)c1cc(CCCCC)ccc1O)C(=O)NNC(=O)c1cc(CCCCC)ccc1O. The summed E-state index contributed by atoms with van der Waals surface area (Å²) in [5.41, 5.74) is 11.4. The second-order valence-electron chi connectivity index (χ2n) is 12.0. The highest BCUT2D eigenvalue weighted by Crippen LogP contribution is 2.22. The number of aromatic hydroxyl groups is 2. The zero-order valence-corrected chi connectivity index (χ0v) is 27.9. The van der Waals surface area contributed by atoms with Crippen LogP contribution < -0.4 is 21.7 Å². The summed E-state index contributed by atoms with van der Waals surface area (Å²) < 4.78 is 0. The molecule has 0 spiro atoms. The summed E-state index contributed by atoms with van der Waals surface area (Å²) in [6, 6.07) is 9.73. The molecule has 0 radical (unpaired) electrons. The van der Waals surface area contributed by atoms with Crippen LogP contribution in [0.5, 0.6) is 11.5 Å². The minimum absolute atomic E-state index is 0.0519. The zero-order valence-electron chi connectivity index (χ0n) is 27.9. The number of benzene rings is 2. The van der Waals surface area contributed by atoms with Gasteiger partial charge >= 0.3 is 0 Å². The predicted octanol–water partition coefficient (Wildman–Crippen LogP) is 6.54. The molecule has 10 nitrogen and oxygen atoms in total. The van der Waals surface area contributed by atoms with Crippen LogP contribution in [0, 0.1) is 5.92 Å². The van der Waals surface area contributed by atoms with Gasteiger partial charge in [-0.05, 0) is 67.5 Å². The number of unbranched alkanes of at least 4 members (excludes halogenated alkanes) is 9. The Morgan fingerprint density at radius 1 is 0.587 bits per heavy atom. The molecule has 2 aromatic rings. The maximum Gasteiger partial charge on any atom is 0.273 e. The molecule has 0 aromatic heterocycles. The standard InChI is InChI=1S/C36H54N4O6/c1-4-7-10-11-12-15-18-28(34(44)38-40-36(46)30-24-27(17-14-9-6-3)20-22-32(30)42)25-33(43)37-39-35(45)29-23-26(16-13-8-5-2)19-21-31(29)41/h19-24,28,41-42H,4-18,25H2,1-3H3,(H,37,43)(H,38,44)(H,39,45)(H,40,46). The highest BCUT2D eigenvalue weighted by Gasteiger charge is 2.24. The molecule has 0 saturated carbocycles. The van der Waals surface area contributed by atoms with Crippen LogP contribution in [0.25, 0.3) is 0 Å². The van der Waals surface area contributed by atoms with E-state index < -0.39 is 29.5 Å². The molecule has 10 heteroatoms. The number of carbonyl (C=O) groups excluding carboxylic acids is 4. The molecular weight excluding hydrogens is 584 g/mol. The fourth-order valence-electron chi connectivity index (χ4n) is 5.25. The van der Waals surface area contributed by atoms with Gasteiger partial charge in [0.15, 0.2) is 0 Å². The summed E-state index contributed by atoms with van der Waals surface area (Å²) in [6.45, 7) is 6.36. The van der Waals surface area contributed by atoms with E-state index in [9.17, 15) is 29.4 Å². The van der Waals surface area contributed by atoms with Crippen molar-refractivity contribution in [1.82, 2.24) is 21.7 Å². The number of nitrogens with one attached hydrogen (secondary N) is 4. The molecule has 0 heterocycles. The number of aryl methyl sites for hydroxylation is 2. The van der Waals surface area contributed by atoms with Gasteiger partial charge in [-0.15, -0.1) is 0 Å². The largest absolute Gasteiger partial charge is 0.507 e. The van der Waals surface area contributed by atoms with Crippen molar-refractivity contribution in [2.75, 3.05) is 0 Å². The third-order valence-electron chi connectivity index (χ3n) is 8.07. The number of phenolic OH excluding ortho intramolecular Hbond substituents is 2. The molecule has 2 rings (SSSR count). The Balaban J connectivity index is 2.00. The number of carbonyl (C=O) groups is 4. The fourth-order valence-corrected chi connectivity index (χ4v) is 5.25. The van der Waals surface area contributed by atoms with Crippen LogP contribution in [-0.2, 0) is 22.4 Å². The number of hydrazine groups is 2. The van der Waals surface area contributed by atoms with E-state index in [0.717, 1.165) is 94.6 Å². The van der Waals surface area contributed by atoms with Gasteiger partial charge in [0.2, 0.25) is 11.8 Å². The van der Waals surface area contributed by atoms with Gasteiger partial charge in [-0.2, -0.15) is 0 Å². The fraction of sp³-hybridized carbons (Fsp3) is 0.556. The molecule has 46 heavy (non-hydrogen) atoms. The topological polar surface area (TPSA) is 157 Å². The highest BCUT2D eigenvalue weighted by molar-refractivity contribution is 5.99. The maximum atomic E-state index is 13.2. The van der Waals surface area contributed by atoms with E-state index in [-0.39, 0.29) is 29.0 Å². The van der Waals surface area contributed by atoms with Gasteiger partial charge < -0.3 is 10.2 Å². The summed E-state index contributed by atoms with van der Waals surface area (Å²) >= 11 is 0. The van der Waals surface area contributed by atoms with Crippen molar-refractivity contribution in [1.29, 1.82) is 0 Å². The highest BCUT2D eigenvalue weighted by atomic mass is 16.3. The van der Waals surface area contributed by atoms with Gasteiger partial charge in [0.05, 0.1) is 11.1 Å². The molecule has 0 aliphatic carbocycles. The monoisotopic (exact) mass is 638 g/mol. The Morgan fingerprint density at radius 2 is 1.04 bits per heavy atom. The van der Waals surface area contributed by atoms with E-state index in [0.29, 0.717) is 12.8 Å². The van der Waals surface area contributed by atoms with Crippen molar-refractivity contribution < 1.29 is 29.4 Å². The molecule has 1 atom stereocenters. The van der Waals surface area contributed by atoms with E-state index in [1.807, 2.05) is 0 Å². The Kier molecular flexibility index (Phi) is 17.9. The van der Waals surface area contributed by atoms with Crippen molar-refractivity contribution >= 4 is 23.6 Å². The Bertz CT molecular complexity index is 1270. The molecule has 0 fully saturated rings. The molecule has 6 N–H and O–H groups in total. The first-order valence-corrected chi connectivity index (χ1v) is 17.0. The van der Waals surface area contributed by atoms with Crippen molar-refractivity contribution in [2.45, 2.75) is 124 Å². The van der Waals surface area contributed by atoms with Gasteiger partial charge in [-0.25, -0.2) is 0 Å². The third kappa shape index (κ3) is 13.9. The number of phenols is 2. The number of amides is 4. The summed E-state index contributed by atoms with van der Waals surface area (Å²) in [7, 11) is 0. The minimum Gasteiger partial charge on any atom is -0.507 e. The molecule has 0 aliphatic rings. The summed E-state index contributed by atoms with van der Waals surface area (Å²) in [4.78, 5) is 51.7. The smallest absolute Gasteiger partial charge is 0.273 e. The second-order valence-corrected chi connectivity index (χ2v) is 12.0. The lowest BCUT2D eigenvalue weighted by Crippen LogP contribution is -2.47. The zero-order chi connectivity index (χ0) is 33.7. The van der Waals surface area contributed by atoms with E-state index >= 15 is 0 Å². The minimum atomic E-state index is -0.771. The van der Waals surface area contributed by atoms with Crippen LogP contribution in [-0.4, -0.2) is 33.8 Å². The van der Waals surface area contributed by atoms with Gasteiger partial charge in [-0.3, -0.25) is 40.9 Å². The van der Waals surface area contributed by atoms with Crippen molar-refractivity contribution in [3.8, 4) is 11.5 Å². The van der Waals surface area contributed by atoms with Crippen LogP contribution in [0.3, 0.4) is 0 Å². The molecule has 0 saturated heterocycles. The third-order valence-corrected chi connectivity index (χ3v) is 8.07. The van der Waals surface area contributed by atoms with E-state index in [2.05, 4.69) is 42.5 Å². The summed E-state index contributed by atoms with van der Waals surface area (Å²) in [5.74, 6) is -3.60. The Hall–Kier alpha value is -4.08. The van der Waals surface area contributed by atoms with Crippen LogP contribution in [0.1, 0.15) is 143 Å². The normalized spacial score (nSPS) is 11.5. The van der Waals surface area contributed by atoms with Crippen molar-refractivity contribution in [3.05, 3.63) is 58.7 Å². The van der Waals surface area contributed by atoms with Gasteiger partial charge in [0, 0.05) is 12.3 Å².